The lowest BCUT2D eigenvalue weighted by Crippen LogP contribution is -2.45. The molecule has 3 rings (SSSR count). The number of benzene rings is 2. The van der Waals surface area contributed by atoms with E-state index < -0.39 is 17.1 Å². The summed E-state index contributed by atoms with van der Waals surface area (Å²) in [5.41, 5.74) is 0.661. The average Bonchev–Trinajstić information content (AvgIpc) is 2.72. The van der Waals surface area contributed by atoms with Gasteiger partial charge in [0.1, 0.15) is 5.25 Å². The van der Waals surface area contributed by atoms with Gasteiger partial charge in [-0.15, -0.1) is 0 Å². The number of carboxylic acid groups (broad SMARTS) is 1. The fourth-order valence-corrected chi connectivity index (χ4v) is 4.47. The van der Waals surface area contributed by atoms with Crippen LogP contribution in [0.4, 0.5) is 11.4 Å². The van der Waals surface area contributed by atoms with Crippen molar-refractivity contribution in [2.24, 2.45) is 4.99 Å². The zero-order valence-corrected chi connectivity index (χ0v) is 18.5. The number of nitrogens with zero attached hydrogens (tertiary/aromatic N) is 2. The lowest BCUT2D eigenvalue weighted by atomic mass is 10.2. The number of hydrogen-bond donors (Lipinski definition) is 3. The molecular weight excluding hydrogens is 465 g/mol. The van der Waals surface area contributed by atoms with Crippen molar-refractivity contribution in [3.63, 3.8) is 0 Å². The summed E-state index contributed by atoms with van der Waals surface area (Å²) >= 11 is 13.0. The van der Waals surface area contributed by atoms with Crippen molar-refractivity contribution in [3.8, 4) is 5.75 Å². The minimum atomic E-state index is -1.11. The third-order valence-electron chi connectivity index (χ3n) is 4.35. The first-order valence-electron chi connectivity index (χ1n) is 9.07. The summed E-state index contributed by atoms with van der Waals surface area (Å²) in [6.07, 6.45) is -0.0426. The van der Waals surface area contributed by atoms with E-state index in [1.807, 2.05) is 0 Å². The SMILES string of the molecule is CCN1C(=O)CC(C(=O)Nc2cccc(C(=O)O)c2)SC1=Nc1cc(Cl)c(O)c(Cl)c1. The second-order valence-electron chi connectivity index (χ2n) is 6.48. The van der Waals surface area contributed by atoms with E-state index in [-0.39, 0.29) is 38.9 Å². The number of carbonyl (C=O) groups excluding carboxylic acids is 2. The van der Waals surface area contributed by atoms with Gasteiger partial charge in [0.05, 0.1) is 21.3 Å². The van der Waals surface area contributed by atoms with Gasteiger partial charge >= 0.3 is 5.97 Å². The summed E-state index contributed by atoms with van der Waals surface area (Å²) in [5.74, 6) is -2.12. The molecule has 2 aromatic rings. The number of aliphatic imine (C=N–C) groups is 1. The fourth-order valence-electron chi connectivity index (χ4n) is 2.83. The Labute approximate surface area is 191 Å². The largest absolute Gasteiger partial charge is 0.505 e. The number of nitrogens with one attached hydrogen (secondary N) is 1. The van der Waals surface area contributed by atoms with Gasteiger partial charge in [-0.1, -0.05) is 41.0 Å². The van der Waals surface area contributed by atoms with Crippen LogP contribution >= 0.6 is 35.0 Å². The molecule has 1 fully saturated rings. The van der Waals surface area contributed by atoms with Crippen molar-refractivity contribution in [1.29, 1.82) is 0 Å². The maximum Gasteiger partial charge on any atom is 0.335 e. The van der Waals surface area contributed by atoms with Gasteiger partial charge in [-0.25, -0.2) is 9.79 Å². The molecular formula is C20H17Cl2N3O5S. The van der Waals surface area contributed by atoms with Gasteiger partial charge in [-0.05, 0) is 37.3 Å². The first-order chi connectivity index (χ1) is 14.7. The number of amidine groups is 1. The summed E-state index contributed by atoms with van der Waals surface area (Å²) in [4.78, 5) is 42.3. The second-order valence-corrected chi connectivity index (χ2v) is 8.46. The van der Waals surface area contributed by atoms with E-state index in [2.05, 4.69) is 10.3 Å². The van der Waals surface area contributed by atoms with E-state index in [0.29, 0.717) is 17.9 Å². The van der Waals surface area contributed by atoms with Crippen LogP contribution in [0, 0.1) is 0 Å². The Kier molecular flexibility index (Phi) is 7.09. The number of aromatic hydroxyl groups is 1. The van der Waals surface area contributed by atoms with E-state index in [0.717, 1.165) is 11.8 Å². The predicted octanol–water partition coefficient (Wildman–Crippen LogP) is 4.38. The molecule has 2 amide bonds. The van der Waals surface area contributed by atoms with Crippen LogP contribution in [0.1, 0.15) is 23.7 Å². The first kappa shape index (κ1) is 22.9. The van der Waals surface area contributed by atoms with E-state index in [1.165, 1.54) is 35.2 Å². The van der Waals surface area contributed by atoms with Gasteiger partial charge in [-0.3, -0.25) is 14.5 Å². The Bertz CT molecular complexity index is 1070. The van der Waals surface area contributed by atoms with Crippen LogP contribution in [0.2, 0.25) is 10.0 Å². The Morgan fingerprint density at radius 2 is 1.94 bits per heavy atom. The number of thioether (sulfide) groups is 1. The zero-order valence-electron chi connectivity index (χ0n) is 16.1. The van der Waals surface area contributed by atoms with Crippen molar-refractivity contribution in [3.05, 3.63) is 52.0 Å². The monoisotopic (exact) mass is 481 g/mol. The van der Waals surface area contributed by atoms with Crippen molar-refractivity contribution in [2.75, 3.05) is 11.9 Å². The van der Waals surface area contributed by atoms with Gasteiger partial charge in [0.15, 0.2) is 10.9 Å². The van der Waals surface area contributed by atoms with Crippen LogP contribution in [-0.4, -0.2) is 49.9 Å². The smallest absolute Gasteiger partial charge is 0.335 e. The Hall–Kier alpha value is -2.75. The number of phenols is 1. The van der Waals surface area contributed by atoms with Crippen LogP contribution in [-0.2, 0) is 9.59 Å². The van der Waals surface area contributed by atoms with Crippen molar-refractivity contribution in [2.45, 2.75) is 18.6 Å². The third-order valence-corrected chi connectivity index (χ3v) is 6.12. The average molecular weight is 482 g/mol. The second kappa shape index (κ2) is 9.59. The molecule has 162 valence electrons. The lowest BCUT2D eigenvalue weighted by molar-refractivity contribution is -0.129. The number of carbonyl (C=O) groups is 3. The number of rotatable bonds is 5. The van der Waals surface area contributed by atoms with E-state index in [1.54, 1.807) is 13.0 Å². The minimum Gasteiger partial charge on any atom is -0.505 e. The highest BCUT2D eigenvalue weighted by Crippen LogP contribution is 2.37. The summed E-state index contributed by atoms with van der Waals surface area (Å²) in [6, 6.07) is 8.62. The predicted molar refractivity (Wildman–Crippen MR) is 121 cm³/mol. The molecule has 0 aromatic heterocycles. The number of anilines is 1. The summed E-state index contributed by atoms with van der Waals surface area (Å²) < 4.78 is 0. The molecule has 0 radical (unpaired) electrons. The number of phenolic OH excluding ortho intramolecular Hbond substituents is 1. The molecule has 31 heavy (non-hydrogen) atoms. The molecule has 1 unspecified atom stereocenters. The van der Waals surface area contributed by atoms with Gasteiger partial charge in [0, 0.05) is 18.7 Å². The van der Waals surface area contributed by atoms with Crippen LogP contribution in [0.25, 0.3) is 0 Å². The number of amides is 2. The summed E-state index contributed by atoms with van der Waals surface area (Å²) in [6.45, 7) is 2.13. The Morgan fingerprint density at radius 1 is 1.26 bits per heavy atom. The molecule has 1 atom stereocenters. The normalized spacial score (nSPS) is 17.6. The molecule has 11 heteroatoms. The van der Waals surface area contributed by atoms with Gasteiger partial charge in [-0.2, -0.15) is 0 Å². The molecule has 0 aliphatic carbocycles. The Balaban J connectivity index is 1.85. The van der Waals surface area contributed by atoms with E-state index in [4.69, 9.17) is 28.3 Å². The van der Waals surface area contributed by atoms with Crippen molar-refractivity contribution >= 4 is 69.3 Å². The molecule has 3 N–H and O–H groups in total. The molecule has 1 saturated heterocycles. The topological polar surface area (TPSA) is 119 Å². The number of hydrogen-bond acceptors (Lipinski definition) is 6. The molecule has 0 spiro atoms. The summed E-state index contributed by atoms with van der Waals surface area (Å²) in [7, 11) is 0. The summed E-state index contributed by atoms with van der Waals surface area (Å²) in [5, 5.41) is 21.0. The van der Waals surface area contributed by atoms with E-state index in [9.17, 15) is 19.5 Å². The van der Waals surface area contributed by atoms with Gasteiger partial charge in [0.25, 0.3) is 0 Å². The van der Waals surface area contributed by atoms with Crippen molar-refractivity contribution in [1.82, 2.24) is 4.90 Å². The zero-order chi connectivity index (χ0) is 22.7. The molecule has 1 aliphatic heterocycles. The first-order valence-corrected chi connectivity index (χ1v) is 10.7. The highest BCUT2D eigenvalue weighted by atomic mass is 35.5. The minimum absolute atomic E-state index is 0.00893. The third kappa shape index (κ3) is 5.30. The highest BCUT2D eigenvalue weighted by Gasteiger charge is 2.35. The molecule has 2 aromatic carbocycles. The quantitative estimate of drug-likeness (QED) is 0.582. The maximum absolute atomic E-state index is 12.8. The Morgan fingerprint density at radius 3 is 2.55 bits per heavy atom. The number of halogens is 2. The van der Waals surface area contributed by atoms with Gasteiger partial charge in [0.2, 0.25) is 11.8 Å². The van der Waals surface area contributed by atoms with Gasteiger partial charge < -0.3 is 15.5 Å². The van der Waals surface area contributed by atoms with E-state index >= 15 is 0 Å². The van der Waals surface area contributed by atoms with Crippen LogP contribution in [0.3, 0.4) is 0 Å². The van der Waals surface area contributed by atoms with Crippen molar-refractivity contribution < 1.29 is 24.6 Å². The lowest BCUT2D eigenvalue weighted by Gasteiger charge is -2.31. The molecule has 0 saturated carbocycles. The molecule has 1 aliphatic rings. The van der Waals surface area contributed by atoms with Crippen LogP contribution in [0.15, 0.2) is 41.4 Å². The van der Waals surface area contributed by atoms with Crippen LogP contribution < -0.4 is 5.32 Å². The number of aromatic carboxylic acids is 1. The number of carboxylic acids is 1. The fraction of sp³-hybridized carbons (Fsp3) is 0.200. The standard InChI is InChI=1S/C20H17Cl2N3O5S/c1-2-25-16(26)9-15(18(28)23-11-5-3-4-10(6-11)19(29)30)31-20(25)24-12-7-13(21)17(27)14(22)8-12/h3-8,15,27H,2,9H2,1H3,(H,23,28)(H,29,30). The molecule has 8 nitrogen and oxygen atoms in total. The van der Waals surface area contributed by atoms with Crippen LogP contribution in [0.5, 0.6) is 5.75 Å². The molecule has 1 heterocycles. The highest BCUT2D eigenvalue weighted by molar-refractivity contribution is 8.15. The molecule has 0 bridgehead atoms. The maximum atomic E-state index is 12.8.